The zero-order valence-corrected chi connectivity index (χ0v) is 9.42. The molecule has 0 aliphatic carbocycles. The molecule has 1 aliphatic heterocycles. The number of carbonyl (C=O) groups is 2. The monoisotopic (exact) mass is 242 g/mol. The number of cyclic esters (lactones) is 2. The SMILES string of the molecule is O=C1CC(c2cc(-c3ccccc3)n[nH]2)C(=O)O1. The molecule has 1 aromatic carbocycles. The average molecular weight is 242 g/mol. The maximum atomic E-state index is 11.4. The lowest BCUT2D eigenvalue weighted by molar-refractivity contribution is -0.152. The summed E-state index contributed by atoms with van der Waals surface area (Å²) in [4.78, 5) is 22.5. The van der Waals surface area contributed by atoms with Crippen molar-refractivity contribution in [3.05, 3.63) is 42.1 Å². The summed E-state index contributed by atoms with van der Waals surface area (Å²) in [5.74, 6) is -1.55. The Bertz CT molecular complexity index is 604. The number of H-pyrrole nitrogens is 1. The van der Waals surface area contributed by atoms with E-state index in [0.717, 1.165) is 11.3 Å². The zero-order chi connectivity index (χ0) is 12.5. The molecular weight excluding hydrogens is 232 g/mol. The van der Waals surface area contributed by atoms with Crippen LogP contribution in [0.2, 0.25) is 0 Å². The predicted octanol–water partition coefficient (Wildman–Crippen LogP) is 1.63. The molecule has 1 N–H and O–H groups in total. The number of aromatic nitrogens is 2. The number of nitrogens with zero attached hydrogens (tertiary/aromatic N) is 1. The molecule has 1 aliphatic rings. The van der Waals surface area contributed by atoms with Gasteiger partial charge in [-0.15, -0.1) is 0 Å². The van der Waals surface area contributed by atoms with Crippen LogP contribution >= 0.6 is 0 Å². The van der Waals surface area contributed by atoms with Crippen LogP contribution in [0.15, 0.2) is 36.4 Å². The Morgan fingerprint density at radius 2 is 2.00 bits per heavy atom. The second kappa shape index (κ2) is 4.10. The first-order valence-corrected chi connectivity index (χ1v) is 5.59. The van der Waals surface area contributed by atoms with Gasteiger partial charge in [-0.1, -0.05) is 30.3 Å². The molecule has 90 valence electrons. The van der Waals surface area contributed by atoms with Gasteiger partial charge in [0.25, 0.3) is 0 Å². The molecule has 1 unspecified atom stereocenters. The lowest BCUT2D eigenvalue weighted by Gasteiger charge is -1.98. The van der Waals surface area contributed by atoms with Gasteiger partial charge in [-0.25, -0.2) is 0 Å². The van der Waals surface area contributed by atoms with Gasteiger partial charge < -0.3 is 4.74 Å². The van der Waals surface area contributed by atoms with Crippen LogP contribution in [0, 0.1) is 0 Å². The highest BCUT2D eigenvalue weighted by molar-refractivity contribution is 5.97. The minimum absolute atomic E-state index is 0.0786. The fourth-order valence-electron chi connectivity index (χ4n) is 1.98. The number of ether oxygens (including phenoxy) is 1. The molecule has 0 amide bonds. The molecule has 2 heterocycles. The third kappa shape index (κ3) is 1.79. The van der Waals surface area contributed by atoms with E-state index in [1.165, 1.54) is 0 Å². The molecule has 5 nitrogen and oxygen atoms in total. The standard InChI is InChI=1S/C13H10N2O3/c16-12-6-9(13(17)18-12)11-7-10(14-15-11)8-4-2-1-3-5-8/h1-5,7,9H,6H2,(H,14,15). The van der Waals surface area contributed by atoms with Crippen LogP contribution in [0.1, 0.15) is 18.0 Å². The summed E-state index contributed by atoms with van der Waals surface area (Å²) in [6.07, 6.45) is 0.0786. The molecule has 0 spiro atoms. The van der Waals surface area contributed by atoms with Crippen LogP contribution in [0.4, 0.5) is 0 Å². The first-order chi connectivity index (χ1) is 8.74. The quantitative estimate of drug-likeness (QED) is 0.641. The zero-order valence-electron chi connectivity index (χ0n) is 9.42. The number of benzene rings is 1. The van der Waals surface area contributed by atoms with Crippen molar-refractivity contribution in [2.24, 2.45) is 0 Å². The van der Waals surface area contributed by atoms with Gasteiger partial charge in [-0.2, -0.15) is 5.10 Å². The van der Waals surface area contributed by atoms with Gasteiger partial charge >= 0.3 is 11.9 Å². The van der Waals surface area contributed by atoms with Crippen molar-refractivity contribution in [2.45, 2.75) is 12.3 Å². The Hall–Kier alpha value is -2.43. The molecule has 1 atom stereocenters. The summed E-state index contributed by atoms with van der Waals surface area (Å²) in [6.45, 7) is 0. The molecule has 2 aromatic rings. The van der Waals surface area contributed by atoms with Crippen molar-refractivity contribution in [1.29, 1.82) is 0 Å². The average Bonchev–Trinajstić information content (AvgIpc) is 2.97. The smallest absolute Gasteiger partial charge is 0.323 e. The molecule has 1 saturated heterocycles. The molecular formula is C13H10N2O3. The fourth-order valence-corrected chi connectivity index (χ4v) is 1.98. The third-order valence-corrected chi connectivity index (χ3v) is 2.91. The van der Waals surface area contributed by atoms with Gasteiger partial charge in [0.1, 0.15) is 5.92 Å². The van der Waals surface area contributed by atoms with Crippen molar-refractivity contribution in [3.8, 4) is 11.3 Å². The van der Waals surface area contributed by atoms with Crippen molar-refractivity contribution in [1.82, 2.24) is 10.2 Å². The molecule has 0 radical (unpaired) electrons. The van der Waals surface area contributed by atoms with Crippen molar-refractivity contribution in [2.75, 3.05) is 0 Å². The van der Waals surface area contributed by atoms with Gasteiger partial charge in [0, 0.05) is 5.56 Å². The molecule has 5 heteroatoms. The van der Waals surface area contributed by atoms with Crippen LogP contribution in [0.25, 0.3) is 11.3 Å². The minimum atomic E-state index is -0.553. The molecule has 1 aromatic heterocycles. The van der Waals surface area contributed by atoms with E-state index in [2.05, 4.69) is 14.9 Å². The van der Waals surface area contributed by atoms with Gasteiger partial charge in [-0.05, 0) is 6.07 Å². The summed E-state index contributed by atoms with van der Waals surface area (Å²) in [6, 6.07) is 11.4. The minimum Gasteiger partial charge on any atom is -0.393 e. The maximum Gasteiger partial charge on any atom is 0.323 e. The van der Waals surface area contributed by atoms with Crippen molar-refractivity contribution in [3.63, 3.8) is 0 Å². The van der Waals surface area contributed by atoms with Gasteiger partial charge in [-0.3, -0.25) is 14.7 Å². The fraction of sp³-hybridized carbons (Fsp3) is 0.154. The van der Waals surface area contributed by atoms with Gasteiger partial charge in [0.05, 0.1) is 17.8 Å². The second-order valence-electron chi connectivity index (χ2n) is 4.12. The molecule has 1 fully saturated rings. The lowest BCUT2D eigenvalue weighted by atomic mass is 10.0. The summed E-state index contributed by atoms with van der Waals surface area (Å²) in [5, 5.41) is 6.94. The Morgan fingerprint density at radius 1 is 1.22 bits per heavy atom. The van der Waals surface area contributed by atoms with E-state index in [4.69, 9.17) is 0 Å². The van der Waals surface area contributed by atoms with Crippen LogP contribution < -0.4 is 0 Å². The van der Waals surface area contributed by atoms with Crippen LogP contribution in [0.3, 0.4) is 0 Å². The van der Waals surface area contributed by atoms with E-state index >= 15 is 0 Å². The second-order valence-corrected chi connectivity index (χ2v) is 4.12. The highest BCUT2D eigenvalue weighted by Gasteiger charge is 2.35. The number of nitrogens with one attached hydrogen (secondary N) is 1. The number of rotatable bonds is 2. The maximum absolute atomic E-state index is 11.4. The highest BCUT2D eigenvalue weighted by atomic mass is 16.6. The molecule has 0 saturated carbocycles. The van der Waals surface area contributed by atoms with E-state index in [1.54, 1.807) is 6.07 Å². The molecule has 0 bridgehead atoms. The summed E-state index contributed by atoms with van der Waals surface area (Å²) >= 11 is 0. The Balaban J connectivity index is 1.91. The Labute approximate surface area is 103 Å². The summed E-state index contributed by atoms with van der Waals surface area (Å²) in [5.41, 5.74) is 2.32. The summed E-state index contributed by atoms with van der Waals surface area (Å²) < 4.78 is 4.52. The topological polar surface area (TPSA) is 72.0 Å². The van der Waals surface area contributed by atoms with Crippen molar-refractivity contribution < 1.29 is 14.3 Å². The van der Waals surface area contributed by atoms with E-state index < -0.39 is 17.9 Å². The first-order valence-electron chi connectivity index (χ1n) is 5.59. The lowest BCUT2D eigenvalue weighted by Crippen LogP contribution is -2.05. The number of carbonyl (C=O) groups excluding carboxylic acids is 2. The normalized spacial score (nSPS) is 19.0. The number of hydrogen-bond donors (Lipinski definition) is 1. The summed E-state index contributed by atoms with van der Waals surface area (Å²) in [7, 11) is 0. The highest BCUT2D eigenvalue weighted by Crippen LogP contribution is 2.28. The largest absolute Gasteiger partial charge is 0.393 e. The van der Waals surface area contributed by atoms with Crippen LogP contribution in [-0.2, 0) is 14.3 Å². The van der Waals surface area contributed by atoms with E-state index in [9.17, 15) is 9.59 Å². The number of hydrogen-bond acceptors (Lipinski definition) is 4. The Kier molecular flexibility index (Phi) is 2.44. The first kappa shape index (κ1) is 10.7. The number of aromatic amines is 1. The predicted molar refractivity (Wildman–Crippen MR) is 62.5 cm³/mol. The molecule has 3 rings (SSSR count). The van der Waals surface area contributed by atoms with Crippen molar-refractivity contribution >= 4 is 11.9 Å². The van der Waals surface area contributed by atoms with Gasteiger partial charge in [0.15, 0.2) is 0 Å². The van der Waals surface area contributed by atoms with Crippen LogP contribution in [0.5, 0.6) is 0 Å². The number of esters is 2. The van der Waals surface area contributed by atoms with E-state index in [-0.39, 0.29) is 6.42 Å². The Morgan fingerprint density at radius 3 is 2.67 bits per heavy atom. The third-order valence-electron chi connectivity index (χ3n) is 2.91. The van der Waals surface area contributed by atoms with Crippen LogP contribution in [-0.4, -0.2) is 22.1 Å². The van der Waals surface area contributed by atoms with E-state index in [1.807, 2.05) is 30.3 Å². The van der Waals surface area contributed by atoms with E-state index in [0.29, 0.717) is 5.69 Å². The van der Waals surface area contributed by atoms with Gasteiger partial charge in [0.2, 0.25) is 0 Å². The molecule has 18 heavy (non-hydrogen) atoms.